The van der Waals surface area contributed by atoms with Gasteiger partial charge in [0.2, 0.25) is 0 Å². The number of methoxy groups -OCH3 is 2. The van der Waals surface area contributed by atoms with Crippen molar-refractivity contribution in [2.45, 2.75) is 29.8 Å². The second kappa shape index (κ2) is 9.48. The number of fused-ring (bicyclic) bond motifs is 1. The second-order valence-corrected chi connectivity index (χ2v) is 9.32. The van der Waals surface area contributed by atoms with Gasteiger partial charge in [0, 0.05) is 16.9 Å². The van der Waals surface area contributed by atoms with Gasteiger partial charge in [0.1, 0.15) is 6.04 Å². The van der Waals surface area contributed by atoms with Crippen LogP contribution in [0.15, 0.2) is 84.9 Å². The van der Waals surface area contributed by atoms with Gasteiger partial charge in [0.25, 0.3) is 0 Å². The van der Waals surface area contributed by atoms with Crippen LogP contribution in [-0.2, 0) is 34.6 Å². The van der Waals surface area contributed by atoms with E-state index in [-0.39, 0.29) is 12.6 Å². The summed E-state index contributed by atoms with van der Waals surface area (Å²) in [5.74, 6) is -1.91. The number of ether oxygens (including phenoxy) is 3. The molecule has 5 atom stereocenters. The van der Waals surface area contributed by atoms with Gasteiger partial charge in [0.15, 0.2) is 0 Å². The molecule has 3 aromatic carbocycles. The molecule has 0 radical (unpaired) electrons. The lowest BCUT2D eigenvalue weighted by atomic mass is 9.76. The fraction of sp³-hybridized carbons (Fsp3) is 0.300. The number of carbonyl (C=O) groups is 3. The molecular weight excluding hydrogens is 470 g/mol. The molecule has 2 fully saturated rings. The van der Waals surface area contributed by atoms with Crippen molar-refractivity contribution in [2.75, 3.05) is 20.8 Å². The monoisotopic (exact) mass is 499 g/mol. The van der Waals surface area contributed by atoms with Crippen LogP contribution in [0, 0.1) is 5.92 Å². The highest BCUT2D eigenvalue weighted by Crippen LogP contribution is 2.79. The Labute approximate surface area is 215 Å². The van der Waals surface area contributed by atoms with E-state index in [2.05, 4.69) is 5.32 Å². The van der Waals surface area contributed by atoms with Gasteiger partial charge in [-0.3, -0.25) is 14.9 Å². The van der Waals surface area contributed by atoms with E-state index in [0.29, 0.717) is 5.56 Å². The van der Waals surface area contributed by atoms with Crippen molar-refractivity contribution in [2.24, 2.45) is 5.92 Å². The Kier molecular flexibility index (Phi) is 6.33. The SMILES string of the molecule is CCOC(=O)[C@@H]1[C@@]2(c3ccccc3)[C@@H](C(=O)OC)N[C@@H](c3ccc(C(=O)OC)cc3)[C@@]12c1ccccc1. The quantitative estimate of drug-likeness (QED) is 0.391. The highest BCUT2D eigenvalue weighted by molar-refractivity contribution is 5.93. The fourth-order valence-corrected chi connectivity index (χ4v) is 6.59. The van der Waals surface area contributed by atoms with Crippen molar-refractivity contribution in [3.63, 3.8) is 0 Å². The van der Waals surface area contributed by atoms with Crippen LogP contribution in [0.1, 0.15) is 40.0 Å². The summed E-state index contributed by atoms with van der Waals surface area (Å²) in [5, 5.41) is 3.53. The number of carbonyl (C=O) groups excluding carboxylic acids is 3. The summed E-state index contributed by atoms with van der Waals surface area (Å²) in [6.45, 7) is 2.00. The van der Waals surface area contributed by atoms with E-state index >= 15 is 0 Å². The summed E-state index contributed by atoms with van der Waals surface area (Å²) in [5.41, 5.74) is 1.20. The molecule has 37 heavy (non-hydrogen) atoms. The van der Waals surface area contributed by atoms with Crippen molar-refractivity contribution in [1.82, 2.24) is 5.32 Å². The standard InChI is InChI=1S/C30H29NO6/c1-4-37-27(33)23-29(21-11-7-5-8-12-21)24(19-15-17-20(18-16-19)26(32)35-2)31-25(28(34)36-3)30(23,29)22-13-9-6-10-14-22/h5-18,23-25,31H,4H2,1-3H3/t23-,24-,25+,29+,30-/m0/s1. The van der Waals surface area contributed by atoms with Gasteiger partial charge in [-0.2, -0.15) is 0 Å². The molecule has 1 aliphatic carbocycles. The van der Waals surface area contributed by atoms with E-state index < -0.39 is 40.8 Å². The number of hydrogen-bond donors (Lipinski definition) is 1. The van der Waals surface area contributed by atoms with E-state index in [9.17, 15) is 14.4 Å². The third-order valence-electron chi connectivity index (χ3n) is 7.88. The van der Waals surface area contributed by atoms with Crippen molar-refractivity contribution in [3.05, 3.63) is 107 Å². The molecule has 1 aliphatic heterocycles. The van der Waals surface area contributed by atoms with Crippen LogP contribution in [0.5, 0.6) is 0 Å². The van der Waals surface area contributed by atoms with E-state index in [1.807, 2.05) is 72.8 Å². The first-order valence-electron chi connectivity index (χ1n) is 12.3. The molecule has 0 amide bonds. The number of rotatable bonds is 7. The third-order valence-corrected chi connectivity index (χ3v) is 7.88. The molecule has 7 nitrogen and oxygen atoms in total. The zero-order valence-corrected chi connectivity index (χ0v) is 21.0. The molecule has 190 valence electrons. The van der Waals surface area contributed by atoms with Crippen molar-refractivity contribution in [1.29, 1.82) is 0 Å². The molecule has 1 saturated carbocycles. The zero-order valence-electron chi connectivity index (χ0n) is 21.0. The highest BCUT2D eigenvalue weighted by atomic mass is 16.5. The molecule has 1 heterocycles. The molecule has 0 spiro atoms. The van der Waals surface area contributed by atoms with E-state index in [4.69, 9.17) is 14.2 Å². The van der Waals surface area contributed by atoms with E-state index in [1.165, 1.54) is 14.2 Å². The Morgan fingerprint density at radius 1 is 0.757 bits per heavy atom. The maximum absolute atomic E-state index is 13.7. The highest BCUT2D eigenvalue weighted by Gasteiger charge is 2.90. The first-order valence-corrected chi connectivity index (χ1v) is 12.3. The lowest BCUT2D eigenvalue weighted by Crippen LogP contribution is -2.46. The first kappa shape index (κ1) is 24.7. The summed E-state index contributed by atoms with van der Waals surface area (Å²) < 4.78 is 15.8. The van der Waals surface area contributed by atoms with Crippen LogP contribution in [-0.4, -0.2) is 44.8 Å². The maximum Gasteiger partial charge on any atom is 0.337 e. The number of benzene rings is 3. The minimum absolute atomic E-state index is 0.222. The van der Waals surface area contributed by atoms with Crippen LogP contribution < -0.4 is 5.32 Å². The third kappa shape index (κ3) is 3.41. The molecule has 0 aromatic heterocycles. The minimum Gasteiger partial charge on any atom is -0.468 e. The molecule has 2 aliphatic rings. The van der Waals surface area contributed by atoms with Crippen LogP contribution in [0.3, 0.4) is 0 Å². The number of hydrogen-bond acceptors (Lipinski definition) is 7. The largest absolute Gasteiger partial charge is 0.468 e. The topological polar surface area (TPSA) is 90.9 Å². The fourth-order valence-electron chi connectivity index (χ4n) is 6.59. The molecule has 1 N–H and O–H groups in total. The molecule has 7 heteroatoms. The van der Waals surface area contributed by atoms with Gasteiger partial charge >= 0.3 is 17.9 Å². The van der Waals surface area contributed by atoms with E-state index in [0.717, 1.165) is 16.7 Å². The summed E-state index contributed by atoms with van der Waals surface area (Å²) in [6, 6.07) is 25.2. The average Bonchev–Trinajstić information content (AvgIpc) is 3.48. The number of esters is 3. The lowest BCUT2D eigenvalue weighted by Gasteiger charge is -2.27. The van der Waals surface area contributed by atoms with E-state index in [1.54, 1.807) is 19.1 Å². The lowest BCUT2D eigenvalue weighted by molar-refractivity contribution is -0.147. The van der Waals surface area contributed by atoms with Crippen LogP contribution >= 0.6 is 0 Å². The average molecular weight is 500 g/mol. The first-order chi connectivity index (χ1) is 18.0. The smallest absolute Gasteiger partial charge is 0.337 e. The van der Waals surface area contributed by atoms with Gasteiger partial charge in [0.05, 0.1) is 32.3 Å². The van der Waals surface area contributed by atoms with Gasteiger partial charge in [-0.15, -0.1) is 0 Å². The zero-order chi connectivity index (χ0) is 26.2. The van der Waals surface area contributed by atoms with Gasteiger partial charge in [-0.25, -0.2) is 4.79 Å². The number of piperidine rings is 1. The van der Waals surface area contributed by atoms with Gasteiger partial charge in [-0.05, 0) is 35.7 Å². The Morgan fingerprint density at radius 3 is 1.84 bits per heavy atom. The summed E-state index contributed by atoms with van der Waals surface area (Å²) in [6.07, 6.45) is 0. The maximum atomic E-state index is 13.7. The Morgan fingerprint density at radius 2 is 1.32 bits per heavy atom. The Bertz CT molecular complexity index is 1310. The molecule has 1 saturated heterocycles. The Balaban J connectivity index is 1.79. The summed E-state index contributed by atoms with van der Waals surface area (Å²) in [4.78, 5) is 39.2. The summed E-state index contributed by atoms with van der Waals surface area (Å²) >= 11 is 0. The minimum atomic E-state index is -0.958. The Hall–Kier alpha value is -3.97. The molecule has 0 unspecified atom stereocenters. The summed E-state index contributed by atoms with van der Waals surface area (Å²) in [7, 11) is 2.69. The van der Waals surface area contributed by atoms with Crippen LogP contribution in [0.2, 0.25) is 0 Å². The molecular formula is C30H29NO6. The van der Waals surface area contributed by atoms with Crippen molar-refractivity contribution >= 4 is 17.9 Å². The van der Waals surface area contributed by atoms with Crippen LogP contribution in [0.4, 0.5) is 0 Å². The van der Waals surface area contributed by atoms with Crippen LogP contribution in [0.25, 0.3) is 0 Å². The molecule has 3 aromatic rings. The van der Waals surface area contributed by atoms with Crippen molar-refractivity contribution in [3.8, 4) is 0 Å². The normalized spacial score (nSPS) is 27.6. The van der Waals surface area contributed by atoms with Gasteiger partial charge in [-0.1, -0.05) is 72.8 Å². The predicted octanol–water partition coefficient (Wildman–Crippen LogP) is 3.73. The van der Waals surface area contributed by atoms with Gasteiger partial charge < -0.3 is 14.2 Å². The molecule has 5 rings (SSSR count). The van der Waals surface area contributed by atoms with Crippen molar-refractivity contribution < 1.29 is 28.6 Å². The number of nitrogens with one attached hydrogen (secondary N) is 1. The predicted molar refractivity (Wildman–Crippen MR) is 136 cm³/mol. The second-order valence-electron chi connectivity index (χ2n) is 9.32. The molecule has 0 bridgehead atoms.